The summed E-state index contributed by atoms with van der Waals surface area (Å²) < 4.78 is 16.6. The van der Waals surface area contributed by atoms with Crippen molar-refractivity contribution in [3.8, 4) is 5.75 Å². The second-order valence-corrected chi connectivity index (χ2v) is 7.93. The van der Waals surface area contributed by atoms with Gasteiger partial charge in [0.25, 0.3) is 11.8 Å². The minimum Gasteiger partial charge on any atom is -0.489 e. The van der Waals surface area contributed by atoms with Crippen LogP contribution in [0.2, 0.25) is 5.02 Å². The number of ether oxygens (including phenoxy) is 3. The van der Waals surface area contributed by atoms with E-state index in [-0.39, 0.29) is 31.4 Å². The molecule has 3 aliphatic heterocycles. The largest absolute Gasteiger partial charge is 0.489 e. The van der Waals surface area contributed by atoms with Crippen LogP contribution in [0, 0.1) is 0 Å². The zero-order chi connectivity index (χ0) is 22.2. The summed E-state index contributed by atoms with van der Waals surface area (Å²) in [6.07, 6.45) is 0.282. The Bertz CT molecular complexity index is 1080. The Hall–Kier alpha value is -3.37. The normalized spacial score (nSPS) is 22.0. The fourth-order valence-electron chi connectivity index (χ4n) is 3.95. The second-order valence-electron chi connectivity index (χ2n) is 7.49. The van der Waals surface area contributed by atoms with Crippen molar-refractivity contribution in [3.05, 3.63) is 47.2 Å². The van der Waals surface area contributed by atoms with Gasteiger partial charge in [-0.3, -0.25) is 14.5 Å². The summed E-state index contributed by atoms with van der Waals surface area (Å²) in [6.45, 7) is 1.25. The summed E-state index contributed by atoms with van der Waals surface area (Å²) in [6, 6.07) is 7.93. The average Bonchev–Trinajstić information content (AvgIpc) is 3.13. The fraction of sp³-hybridized carbons (Fsp3) is 0.333. The molecule has 1 aromatic heterocycles. The molecule has 1 N–H and O–H groups in total. The first-order valence-corrected chi connectivity index (χ1v) is 10.4. The highest BCUT2D eigenvalue weighted by molar-refractivity contribution is 6.30. The van der Waals surface area contributed by atoms with Crippen LogP contribution in [0.3, 0.4) is 0 Å². The molecule has 5 rings (SSSR count). The van der Waals surface area contributed by atoms with Crippen molar-refractivity contribution in [2.45, 2.75) is 12.1 Å². The topological polar surface area (TPSA) is 110 Å². The van der Waals surface area contributed by atoms with Crippen molar-refractivity contribution in [1.29, 1.82) is 0 Å². The number of hydrogen-bond acceptors (Lipinski definition) is 7. The van der Waals surface area contributed by atoms with Gasteiger partial charge in [-0.05, 0) is 24.3 Å². The maximum Gasteiger partial charge on any atom is 0.415 e. The Labute approximate surface area is 188 Å². The summed E-state index contributed by atoms with van der Waals surface area (Å²) in [5, 5.41) is 3.17. The molecule has 0 spiro atoms. The summed E-state index contributed by atoms with van der Waals surface area (Å²) in [5.74, 6) is -0.0328. The second kappa shape index (κ2) is 8.29. The molecule has 3 amide bonds. The van der Waals surface area contributed by atoms with E-state index in [2.05, 4.69) is 10.3 Å². The number of pyridine rings is 1. The number of benzene rings is 1. The van der Waals surface area contributed by atoms with Crippen LogP contribution < -0.4 is 19.9 Å². The predicted molar refractivity (Wildman–Crippen MR) is 113 cm³/mol. The van der Waals surface area contributed by atoms with Gasteiger partial charge < -0.3 is 24.4 Å². The van der Waals surface area contributed by atoms with Gasteiger partial charge in [0.05, 0.1) is 23.9 Å². The lowest BCUT2D eigenvalue weighted by atomic mass is 10.1. The van der Waals surface area contributed by atoms with E-state index in [1.165, 1.54) is 17.2 Å². The van der Waals surface area contributed by atoms with Gasteiger partial charge in [-0.1, -0.05) is 11.6 Å². The van der Waals surface area contributed by atoms with Gasteiger partial charge in [0.1, 0.15) is 36.8 Å². The van der Waals surface area contributed by atoms with Crippen LogP contribution in [0.4, 0.5) is 16.2 Å². The highest BCUT2D eigenvalue weighted by Crippen LogP contribution is 2.41. The average molecular weight is 459 g/mol. The van der Waals surface area contributed by atoms with Gasteiger partial charge in [0, 0.05) is 24.5 Å². The first kappa shape index (κ1) is 20.5. The van der Waals surface area contributed by atoms with E-state index < -0.39 is 24.1 Å². The minimum atomic E-state index is -0.590. The third-order valence-electron chi connectivity index (χ3n) is 5.54. The molecule has 0 unspecified atom stereocenters. The molecular formula is C21H19ClN4O6. The minimum absolute atomic E-state index is 0.0391. The molecule has 1 aromatic carbocycles. The number of morpholine rings is 1. The Morgan fingerprint density at radius 3 is 2.91 bits per heavy atom. The van der Waals surface area contributed by atoms with Crippen molar-refractivity contribution in [2.24, 2.45) is 0 Å². The number of carbonyl (C=O) groups excluding carboxylic acids is 3. The van der Waals surface area contributed by atoms with Crippen molar-refractivity contribution >= 4 is 40.9 Å². The maximum atomic E-state index is 12.6. The quantitative estimate of drug-likeness (QED) is 0.741. The van der Waals surface area contributed by atoms with E-state index in [4.69, 9.17) is 25.8 Å². The summed E-state index contributed by atoms with van der Waals surface area (Å²) in [4.78, 5) is 44.2. The Morgan fingerprint density at radius 1 is 1.25 bits per heavy atom. The maximum absolute atomic E-state index is 12.6. The number of rotatable bonds is 4. The van der Waals surface area contributed by atoms with Gasteiger partial charge in [0.2, 0.25) is 0 Å². The van der Waals surface area contributed by atoms with Gasteiger partial charge in [-0.2, -0.15) is 0 Å². The molecule has 10 nitrogen and oxygen atoms in total. The van der Waals surface area contributed by atoms with Crippen LogP contribution in [-0.4, -0.2) is 67.9 Å². The number of amides is 3. The summed E-state index contributed by atoms with van der Waals surface area (Å²) in [5.41, 5.74) is 1.46. The first-order chi connectivity index (χ1) is 15.5. The van der Waals surface area contributed by atoms with Crippen molar-refractivity contribution in [2.75, 3.05) is 42.7 Å². The Kier molecular flexibility index (Phi) is 5.32. The van der Waals surface area contributed by atoms with Gasteiger partial charge in [-0.25, -0.2) is 9.78 Å². The van der Waals surface area contributed by atoms with Crippen molar-refractivity contribution < 1.29 is 28.6 Å². The zero-order valence-electron chi connectivity index (χ0n) is 16.8. The van der Waals surface area contributed by atoms with Crippen LogP contribution in [0.5, 0.6) is 5.75 Å². The monoisotopic (exact) mass is 458 g/mol. The van der Waals surface area contributed by atoms with Gasteiger partial charge >= 0.3 is 6.09 Å². The first-order valence-electron chi connectivity index (χ1n) is 10.1. The van der Waals surface area contributed by atoms with E-state index in [0.717, 1.165) is 0 Å². The van der Waals surface area contributed by atoms with Crippen LogP contribution in [0.15, 0.2) is 36.5 Å². The molecule has 2 atom stereocenters. The zero-order valence-corrected chi connectivity index (χ0v) is 17.6. The van der Waals surface area contributed by atoms with Crippen LogP contribution in [-0.2, 0) is 14.3 Å². The van der Waals surface area contributed by atoms with E-state index >= 15 is 0 Å². The summed E-state index contributed by atoms with van der Waals surface area (Å²) >= 11 is 5.80. The molecule has 0 aliphatic carbocycles. The summed E-state index contributed by atoms with van der Waals surface area (Å²) in [7, 11) is 0. The van der Waals surface area contributed by atoms with Gasteiger partial charge in [-0.15, -0.1) is 0 Å². The number of fused-ring (bicyclic) bond motifs is 3. The molecule has 3 aliphatic rings. The number of carbonyl (C=O) groups is 3. The molecule has 32 heavy (non-hydrogen) atoms. The lowest BCUT2D eigenvalue weighted by Crippen LogP contribution is -2.48. The lowest BCUT2D eigenvalue weighted by molar-refractivity contribution is -0.125. The molecule has 4 heterocycles. The standard InChI is InChI=1S/C21H19ClN4O6/c22-12-1-3-14(23-8-12)20(28)24-9-18-16-10-31-17-7-13(25-5-6-30-11-19(25)27)2-4-15(17)26(16)21(29)32-18/h1-4,7-8,16,18H,5-6,9-11H2,(H,24,28)/t16-,18-/m0/s1. The number of aromatic nitrogens is 1. The van der Waals surface area contributed by atoms with E-state index in [1.54, 1.807) is 29.2 Å². The van der Waals surface area contributed by atoms with Crippen molar-refractivity contribution in [1.82, 2.24) is 10.3 Å². The smallest absolute Gasteiger partial charge is 0.415 e. The third-order valence-corrected chi connectivity index (χ3v) is 5.77. The van der Waals surface area contributed by atoms with Crippen molar-refractivity contribution in [3.63, 3.8) is 0 Å². The Balaban J connectivity index is 1.29. The Morgan fingerprint density at radius 2 is 2.12 bits per heavy atom. The number of nitrogens with one attached hydrogen (secondary N) is 1. The highest BCUT2D eigenvalue weighted by Gasteiger charge is 2.46. The number of halogens is 1. The molecule has 2 aromatic rings. The number of hydrogen-bond donors (Lipinski definition) is 1. The van der Waals surface area contributed by atoms with Crippen LogP contribution >= 0.6 is 11.6 Å². The number of nitrogens with zero attached hydrogens (tertiary/aromatic N) is 3. The molecule has 2 saturated heterocycles. The predicted octanol–water partition coefficient (Wildman–Crippen LogP) is 1.61. The molecule has 0 bridgehead atoms. The SMILES string of the molecule is O=C(NC[C@@H]1OC(=O)N2c3ccc(N4CCOCC4=O)cc3OC[C@@H]12)c1ccc(Cl)cn1. The molecule has 166 valence electrons. The van der Waals surface area contributed by atoms with Crippen LogP contribution in [0.1, 0.15) is 10.5 Å². The number of anilines is 2. The number of cyclic esters (lactones) is 1. The van der Waals surface area contributed by atoms with E-state index in [0.29, 0.717) is 35.3 Å². The fourth-order valence-corrected chi connectivity index (χ4v) is 4.06. The van der Waals surface area contributed by atoms with Gasteiger partial charge in [0.15, 0.2) is 0 Å². The highest BCUT2D eigenvalue weighted by atomic mass is 35.5. The van der Waals surface area contributed by atoms with E-state index in [9.17, 15) is 14.4 Å². The molecular weight excluding hydrogens is 440 g/mol. The van der Waals surface area contributed by atoms with Crippen LogP contribution in [0.25, 0.3) is 0 Å². The van der Waals surface area contributed by atoms with E-state index in [1.807, 2.05) is 0 Å². The third kappa shape index (κ3) is 3.71. The molecule has 0 saturated carbocycles. The molecule has 2 fully saturated rings. The molecule has 11 heteroatoms. The lowest BCUT2D eigenvalue weighted by Gasteiger charge is -2.33. The molecule has 0 radical (unpaired) electrons.